The average Bonchev–Trinajstić information content (AvgIpc) is 3.25. The van der Waals surface area contributed by atoms with Gasteiger partial charge in [0.2, 0.25) is 0 Å². The summed E-state index contributed by atoms with van der Waals surface area (Å²) in [6.07, 6.45) is 8.32. The number of hydrogen-bond donors (Lipinski definition) is 1. The van der Waals surface area contributed by atoms with Crippen molar-refractivity contribution in [2.24, 2.45) is 5.73 Å². The molecule has 4 nitrogen and oxygen atoms in total. The Hall–Kier alpha value is -0.160. The summed E-state index contributed by atoms with van der Waals surface area (Å²) in [6.45, 7) is 8.54. The van der Waals surface area contributed by atoms with Crippen LogP contribution in [0, 0.1) is 0 Å². The molecule has 4 rings (SSSR count). The molecule has 3 aliphatic heterocycles. The molecule has 4 aliphatic rings. The van der Waals surface area contributed by atoms with E-state index < -0.39 is 0 Å². The van der Waals surface area contributed by atoms with Gasteiger partial charge in [0.15, 0.2) is 0 Å². The molecule has 1 aliphatic carbocycles. The van der Waals surface area contributed by atoms with Crippen molar-refractivity contribution in [3.8, 4) is 0 Å². The molecule has 2 atom stereocenters. The lowest BCUT2D eigenvalue weighted by Gasteiger charge is -2.52. The molecule has 20 heavy (non-hydrogen) atoms. The molecule has 0 aromatic heterocycles. The topological polar surface area (TPSA) is 35.7 Å². The van der Waals surface area contributed by atoms with Crippen molar-refractivity contribution in [1.29, 1.82) is 0 Å². The Bertz CT molecular complexity index is 348. The van der Waals surface area contributed by atoms with Crippen LogP contribution in [0.2, 0.25) is 0 Å². The zero-order chi connectivity index (χ0) is 13.6. The molecule has 2 N–H and O–H groups in total. The molecule has 2 unspecified atom stereocenters. The standard InChI is InChI=1S/C16H30N4/c17-13-16(5-7-18-6-1-2-15(18)12-16)20-10-8-19(9-11-20)14-3-4-14/h14-15H,1-13,17H2. The number of rotatable bonds is 3. The molecule has 0 radical (unpaired) electrons. The zero-order valence-electron chi connectivity index (χ0n) is 12.8. The van der Waals surface area contributed by atoms with Gasteiger partial charge in [-0.15, -0.1) is 0 Å². The van der Waals surface area contributed by atoms with E-state index >= 15 is 0 Å². The van der Waals surface area contributed by atoms with E-state index in [4.69, 9.17) is 5.73 Å². The largest absolute Gasteiger partial charge is 0.329 e. The summed E-state index contributed by atoms with van der Waals surface area (Å²) in [5, 5.41) is 0. The van der Waals surface area contributed by atoms with Crippen molar-refractivity contribution in [1.82, 2.24) is 14.7 Å². The average molecular weight is 278 g/mol. The maximum atomic E-state index is 6.28. The highest BCUT2D eigenvalue weighted by molar-refractivity contribution is 5.03. The van der Waals surface area contributed by atoms with Crippen molar-refractivity contribution in [3.05, 3.63) is 0 Å². The van der Waals surface area contributed by atoms with E-state index in [2.05, 4.69) is 14.7 Å². The van der Waals surface area contributed by atoms with E-state index in [0.29, 0.717) is 5.54 Å². The van der Waals surface area contributed by atoms with E-state index in [1.165, 1.54) is 77.8 Å². The van der Waals surface area contributed by atoms with Gasteiger partial charge in [-0.2, -0.15) is 0 Å². The van der Waals surface area contributed by atoms with Crippen molar-refractivity contribution in [3.63, 3.8) is 0 Å². The Kier molecular flexibility index (Phi) is 3.53. The van der Waals surface area contributed by atoms with Crippen LogP contribution in [0.1, 0.15) is 38.5 Å². The summed E-state index contributed by atoms with van der Waals surface area (Å²) in [4.78, 5) is 8.20. The Morgan fingerprint density at radius 2 is 1.60 bits per heavy atom. The fourth-order valence-electron chi connectivity index (χ4n) is 4.92. The highest BCUT2D eigenvalue weighted by Crippen LogP contribution is 2.37. The quantitative estimate of drug-likeness (QED) is 0.825. The van der Waals surface area contributed by atoms with Gasteiger partial charge < -0.3 is 10.6 Å². The van der Waals surface area contributed by atoms with Crippen LogP contribution in [-0.4, -0.2) is 78.1 Å². The Balaban J connectivity index is 1.42. The third-order valence-corrected chi connectivity index (χ3v) is 6.41. The molecule has 3 saturated heterocycles. The molecule has 4 fully saturated rings. The van der Waals surface area contributed by atoms with E-state index in [0.717, 1.165) is 18.6 Å². The molecule has 0 amide bonds. The fraction of sp³-hybridized carbons (Fsp3) is 1.00. The SMILES string of the molecule is NCC1(N2CCN(C3CC3)CC2)CCN2CCCC2C1. The lowest BCUT2D eigenvalue weighted by atomic mass is 9.81. The van der Waals surface area contributed by atoms with Gasteiger partial charge in [-0.05, 0) is 45.1 Å². The highest BCUT2D eigenvalue weighted by Gasteiger charge is 2.45. The number of piperazine rings is 1. The highest BCUT2D eigenvalue weighted by atomic mass is 15.3. The first kappa shape index (κ1) is 13.5. The maximum Gasteiger partial charge on any atom is 0.0359 e. The minimum absolute atomic E-state index is 0.321. The van der Waals surface area contributed by atoms with E-state index in [9.17, 15) is 0 Å². The summed E-state index contributed by atoms with van der Waals surface area (Å²) < 4.78 is 0. The first-order valence-electron chi connectivity index (χ1n) is 8.74. The Morgan fingerprint density at radius 3 is 2.30 bits per heavy atom. The van der Waals surface area contributed by atoms with Crippen LogP contribution in [0.5, 0.6) is 0 Å². The summed E-state index contributed by atoms with van der Waals surface area (Å²) >= 11 is 0. The first-order chi connectivity index (χ1) is 9.81. The van der Waals surface area contributed by atoms with Crippen molar-refractivity contribution in [2.75, 3.05) is 45.8 Å². The molecular weight excluding hydrogens is 248 g/mol. The molecule has 3 heterocycles. The summed E-state index contributed by atoms with van der Waals surface area (Å²) in [5.74, 6) is 0. The number of nitrogens with two attached hydrogens (primary N) is 1. The smallest absolute Gasteiger partial charge is 0.0359 e. The van der Waals surface area contributed by atoms with Crippen LogP contribution in [0.3, 0.4) is 0 Å². The number of fused-ring (bicyclic) bond motifs is 1. The summed E-state index contributed by atoms with van der Waals surface area (Å²) in [7, 11) is 0. The van der Waals surface area contributed by atoms with Crippen LogP contribution in [0.25, 0.3) is 0 Å². The molecule has 0 aromatic rings. The second-order valence-corrected chi connectivity index (χ2v) is 7.47. The van der Waals surface area contributed by atoms with E-state index in [-0.39, 0.29) is 0 Å². The zero-order valence-corrected chi connectivity index (χ0v) is 12.8. The minimum atomic E-state index is 0.321. The van der Waals surface area contributed by atoms with Crippen molar-refractivity contribution >= 4 is 0 Å². The van der Waals surface area contributed by atoms with Gasteiger partial charge in [-0.3, -0.25) is 9.80 Å². The Morgan fingerprint density at radius 1 is 0.850 bits per heavy atom. The predicted molar refractivity (Wildman–Crippen MR) is 81.8 cm³/mol. The van der Waals surface area contributed by atoms with E-state index in [1.807, 2.05) is 0 Å². The molecule has 0 aromatic carbocycles. The van der Waals surface area contributed by atoms with Crippen LogP contribution in [0.15, 0.2) is 0 Å². The number of hydrogen-bond acceptors (Lipinski definition) is 4. The van der Waals surface area contributed by atoms with E-state index in [1.54, 1.807) is 0 Å². The molecular formula is C16H30N4. The van der Waals surface area contributed by atoms with Gasteiger partial charge in [0.05, 0.1) is 0 Å². The minimum Gasteiger partial charge on any atom is -0.329 e. The lowest BCUT2D eigenvalue weighted by molar-refractivity contribution is -0.0189. The van der Waals surface area contributed by atoms with Crippen LogP contribution >= 0.6 is 0 Å². The van der Waals surface area contributed by atoms with Gasteiger partial charge in [-0.25, -0.2) is 0 Å². The molecule has 0 spiro atoms. The van der Waals surface area contributed by atoms with Crippen molar-refractivity contribution < 1.29 is 0 Å². The third kappa shape index (κ3) is 2.31. The predicted octanol–water partition coefficient (Wildman–Crippen LogP) is 0.722. The third-order valence-electron chi connectivity index (χ3n) is 6.41. The summed E-state index contributed by atoms with van der Waals surface area (Å²) in [6, 6.07) is 1.76. The van der Waals surface area contributed by atoms with Crippen LogP contribution in [-0.2, 0) is 0 Å². The lowest BCUT2D eigenvalue weighted by Crippen LogP contribution is -2.64. The van der Waals surface area contributed by atoms with Crippen molar-refractivity contribution in [2.45, 2.75) is 56.1 Å². The van der Waals surface area contributed by atoms with Gasteiger partial charge >= 0.3 is 0 Å². The first-order valence-corrected chi connectivity index (χ1v) is 8.74. The van der Waals surface area contributed by atoms with Gasteiger partial charge in [-0.1, -0.05) is 0 Å². The van der Waals surface area contributed by atoms with Crippen LogP contribution < -0.4 is 5.73 Å². The monoisotopic (exact) mass is 278 g/mol. The molecule has 4 heteroatoms. The normalized spacial score (nSPS) is 41.0. The fourth-order valence-corrected chi connectivity index (χ4v) is 4.92. The number of piperidine rings is 1. The second kappa shape index (κ2) is 5.24. The van der Waals surface area contributed by atoms with Gasteiger partial charge in [0, 0.05) is 56.9 Å². The summed E-state index contributed by atoms with van der Waals surface area (Å²) in [5.41, 5.74) is 6.61. The second-order valence-electron chi connectivity index (χ2n) is 7.47. The van der Waals surface area contributed by atoms with Gasteiger partial charge in [0.1, 0.15) is 0 Å². The maximum absolute atomic E-state index is 6.28. The molecule has 114 valence electrons. The Labute approximate surface area is 123 Å². The molecule has 0 bridgehead atoms. The van der Waals surface area contributed by atoms with Gasteiger partial charge in [0.25, 0.3) is 0 Å². The van der Waals surface area contributed by atoms with Crippen LogP contribution in [0.4, 0.5) is 0 Å². The molecule has 1 saturated carbocycles. The number of nitrogens with zero attached hydrogens (tertiary/aromatic N) is 3.